The first-order valence-corrected chi connectivity index (χ1v) is 6.00. The van der Waals surface area contributed by atoms with Crippen LogP contribution in [0.3, 0.4) is 0 Å². The lowest BCUT2D eigenvalue weighted by Crippen LogP contribution is -2.07. The molecule has 19 heavy (non-hydrogen) atoms. The molecule has 1 heterocycles. The van der Waals surface area contributed by atoms with Crippen LogP contribution in [-0.4, -0.2) is 21.3 Å². The zero-order valence-corrected chi connectivity index (χ0v) is 10.7. The molecule has 1 aromatic carbocycles. The molecule has 0 unspecified atom stereocenters. The number of hydrogen-bond acceptors (Lipinski definition) is 4. The number of anilines is 2. The quantitative estimate of drug-likeness (QED) is 0.834. The molecule has 2 aromatic rings. The summed E-state index contributed by atoms with van der Waals surface area (Å²) < 4.78 is 28.2. The van der Waals surface area contributed by atoms with E-state index in [9.17, 15) is 8.78 Å². The van der Waals surface area contributed by atoms with Crippen LogP contribution in [0.15, 0.2) is 12.1 Å². The van der Waals surface area contributed by atoms with Gasteiger partial charge in [0.15, 0.2) is 17.5 Å². The Morgan fingerprint density at radius 3 is 2.53 bits per heavy atom. The Labute approximate surface area is 109 Å². The first kappa shape index (κ1) is 13.3. The van der Waals surface area contributed by atoms with Crippen LogP contribution in [0.5, 0.6) is 0 Å². The SMILES string of the molecule is CCNc1nnc(-c2cc(F)c(F)cc2N)n1CC. The summed E-state index contributed by atoms with van der Waals surface area (Å²) in [6, 6.07) is 1.99. The molecular formula is C12H15F2N5. The van der Waals surface area contributed by atoms with E-state index < -0.39 is 11.6 Å². The van der Waals surface area contributed by atoms with Gasteiger partial charge < -0.3 is 11.1 Å². The highest BCUT2D eigenvalue weighted by Crippen LogP contribution is 2.28. The molecule has 102 valence electrons. The lowest BCUT2D eigenvalue weighted by atomic mass is 10.1. The van der Waals surface area contributed by atoms with Crippen molar-refractivity contribution in [3.05, 3.63) is 23.8 Å². The second kappa shape index (κ2) is 5.21. The van der Waals surface area contributed by atoms with Crippen molar-refractivity contribution in [1.29, 1.82) is 0 Å². The van der Waals surface area contributed by atoms with Crippen LogP contribution in [0.1, 0.15) is 13.8 Å². The van der Waals surface area contributed by atoms with Crippen molar-refractivity contribution >= 4 is 11.6 Å². The highest BCUT2D eigenvalue weighted by molar-refractivity contribution is 5.72. The molecular weight excluding hydrogens is 252 g/mol. The highest BCUT2D eigenvalue weighted by atomic mass is 19.2. The van der Waals surface area contributed by atoms with Gasteiger partial charge >= 0.3 is 0 Å². The van der Waals surface area contributed by atoms with Crippen LogP contribution >= 0.6 is 0 Å². The van der Waals surface area contributed by atoms with Crippen LogP contribution < -0.4 is 11.1 Å². The normalized spacial score (nSPS) is 10.7. The fourth-order valence-electron chi connectivity index (χ4n) is 1.85. The van der Waals surface area contributed by atoms with E-state index in [1.807, 2.05) is 13.8 Å². The Balaban J connectivity index is 2.56. The van der Waals surface area contributed by atoms with Crippen LogP contribution in [0.25, 0.3) is 11.4 Å². The molecule has 7 heteroatoms. The molecule has 0 saturated heterocycles. The van der Waals surface area contributed by atoms with Crippen molar-refractivity contribution in [1.82, 2.24) is 14.8 Å². The number of nitrogens with zero attached hydrogens (tertiary/aromatic N) is 3. The average Bonchev–Trinajstić information content (AvgIpc) is 2.77. The van der Waals surface area contributed by atoms with Gasteiger partial charge in [0.25, 0.3) is 0 Å². The maximum absolute atomic E-state index is 13.3. The zero-order chi connectivity index (χ0) is 14.0. The predicted octanol–water partition coefficient (Wildman–Crippen LogP) is 2.26. The fourth-order valence-corrected chi connectivity index (χ4v) is 1.85. The van der Waals surface area contributed by atoms with Crippen LogP contribution in [-0.2, 0) is 6.54 Å². The summed E-state index contributed by atoms with van der Waals surface area (Å²) >= 11 is 0. The van der Waals surface area contributed by atoms with Gasteiger partial charge in [-0.25, -0.2) is 8.78 Å². The topological polar surface area (TPSA) is 68.8 Å². The van der Waals surface area contributed by atoms with Gasteiger partial charge in [-0.3, -0.25) is 4.57 Å². The number of halogens is 2. The summed E-state index contributed by atoms with van der Waals surface area (Å²) in [6.45, 7) is 5.11. The molecule has 0 aliphatic rings. The van der Waals surface area contributed by atoms with Crippen LogP contribution in [0.4, 0.5) is 20.4 Å². The highest BCUT2D eigenvalue weighted by Gasteiger charge is 2.17. The summed E-state index contributed by atoms with van der Waals surface area (Å²) in [5.74, 6) is -0.949. The fraction of sp³-hybridized carbons (Fsp3) is 0.333. The number of nitrogens with one attached hydrogen (secondary N) is 1. The molecule has 0 spiro atoms. The molecule has 0 aliphatic carbocycles. The number of nitrogens with two attached hydrogens (primary N) is 1. The van der Waals surface area contributed by atoms with E-state index in [0.29, 0.717) is 30.4 Å². The number of rotatable bonds is 4. The predicted molar refractivity (Wildman–Crippen MR) is 69.6 cm³/mol. The average molecular weight is 267 g/mol. The molecule has 5 nitrogen and oxygen atoms in total. The molecule has 1 aromatic heterocycles. The number of benzene rings is 1. The van der Waals surface area contributed by atoms with Gasteiger partial charge in [0.2, 0.25) is 5.95 Å². The summed E-state index contributed by atoms with van der Waals surface area (Å²) in [7, 11) is 0. The second-order valence-electron chi connectivity index (χ2n) is 3.98. The summed E-state index contributed by atoms with van der Waals surface area (Å²) in [4.78, 5) is 0. The third kappa shape index (κ3) is 2.35. The Hall–Kier alpha value is -2.18. The van der Waals surface area contributed by atoms with E-state index in [1.54, 1.807) is 4.57 Å². The Morgan fingerprint density at radius 2 is 1.89 bits per heavy atom. The van der Waals surface area contributed by atoms with Crippen LogP contribution in [0.2, 0.25) is 0 Å². The zero-order valence-electron chi connectivity index (χ0n) is 10.7. The third-order valence-corrected chi connectivity index (χ3v) is 2.74. The van der Waals surface area contributed by atoms with E-state index >= 15 is 0 Å². The maximum Gasteiger partial charge on any atom is 0.224 e. The Morgan fingerprint density at radius 1 is 1.21 bits per heavy atom. The molecule has 0 saturated carbocycles. The molecule has 0 radical (unpaired) electrons. The number of aromatic nitrogens is 3. The van der Waals surface area contributed by atoms with Gasteiger partial charge in [-0.2, -0.15) is 0 Å². The molecule has 2 rings (SSSR count). The number of nitrogen functional groups attached to an aromatic ring is 1. The van der Waals surface area contributed by atoms with Crippen molar-refractivity contribution in [3.8, 4) is 11.4 Å². The van der Waals surface area contributed by atoms with Crippen LogP contribution in [0, 0.1) is 11.6 Å². The van der Waals surface area contributed by atoms with Gasteiger partial charge in [0, 0.05) is 30.4 Å². The van der Waals surface area contributed by atoms with E-state index in [4.69, 9.17) is 5.73 Å². The van der Waals surface area contributed by atoms with Gasteiger partial charge in [-0.05, 0) is 19.9 Å². The molecule has 0 fully saturated rings. The smallest absolute Gasteiger partial charge is 0.224 e. The van der Waals surface area contributed by atoms with Crippen molar-refractivity contribution in [2.45, 2.75) is 20.4 Å². The molecule has 3 N–H and O–H groups in total. The van der Waals surface area contributed by atoms with Crippen molar-refractivity contribution in [2.24, 2.45) is 0 Å². The Kier molecular flexibility index (Phi) is 3.64. The summed E-state index contributed by atoms with van der Waals surface area (Å²) in [5.41, 5.74) is 6.18. The minimum Gasteiger partial charge on any atom is -0.398 e. The van der Waals surface area contributed by atoms with Gasteiger partial charge in [-0.15, -0.1) is 10.2 Å². The minimum absolute atomic E-state index is 0.129. The van der Waals surface area contributed by atoms with E-state index in [2.05, 4.69) is 15.5 Å². The molecule has 0 aliphatic heterocycles. The minimum atomic E-state index is -0.976. The van der Waals surface area contributed by atoms with E-state index in [0.717, 1.165) is 12.1 Å². The number of hydrogen-bond donors (Lipinski definition) is 2. The standard InChI is InChI=1S/C12H15F2N5/c1-3-16-12-18-17-11(19(12)4-2)7-5-8(13)9(14)6-10(7)15/h5-6H,3-4,15H2,1-2H3,(H,16,18). The lowest BCUT2D eigenvalue weighted by molar-refractivity contribution is 0.509. The largest absolute Gasteiger partial charge is 0.398 e. The van der Waals surface area contributed by atoms with Crippen molar-refractivity contribution < 1.29 is 8.78 Å². The van der Waals surface area contributed by atoms with Crippen molar-refractivity contribution in [2.75, 3.05) is 17.6 Å². The summed E-state index contributed by atoms with van der Waals surface area (Å²) in [6.07, 6.45) is 0. The second-order valence-corrected chi connectivity index (χ2v) is 3.98. The molecule has 0 atom stereocenters. The third-order valence-electron chi connectivity index (χ3n) is 2.74. The first-order chi connectivity index (χ1) is 9.08. The van der Waals surface area contributed by atoms with Crippen molar-refractivity contribution in [3.63, 3.8) is 0 Å². The molecule has 0 bridgehead atoms. The van der Waals surface area contributed by atoms with Gasteiger partial charge in [0.05, 0.1) is 0 Å². The first-order valence-electron chi connectivity index (χ1n) is 6.00. The van der Waals surface area contributed by atoms with E-state index in [1.165, 1.54) is 0 Å². The Bertz CT molecular complexity index is 594. The maximum atomic E-state index is 13.3. The van der Waals surface area contributed by atoms with Gasteiger partial charge in [0.1, 0.15) is 0 Å². The lowest BCUT2D eigenvalue weighted by Gasteiger charge is -2.10. The van der Waals surface area contributed by atoms with Gasteiger partial charge in [-0.1, -0.05) is 0 Å². The van der Waals surface area contributed by atoms with E-state index in [-0.39, 0.29) is 5.69 Å². The molecule has 0 amide bonds. The summed E-state index contributed by atoms with van der Waals surface area (Å²) in [5, 5.41) is 11.0. The monoisotopic (exact) mass is 267 g/mol.